The number of hydrogen-bond acceptors (Lipinski definition) is 5. The lowest BCUT2D eigenvalue weighted by Gasteiger charge is -2.29. The number of carbonyl (C=O) groups excluding carboxylic acids is 4. The van der Waals surface area contributed by atoms with Gasteiger partial charge in [0.05, 0.1) is 13.2 Å². The summed E-state index contributed by atoms with van der Waals surface area (Å²) in [4.78, 5) is 54.9. The second-order valence-electron chi connectivity index (χ2n) is 8.58. The molecule has 2 fully saturated rings. The van der Waals surface area contributed by atoms with Gasteiger partial charge in [-0.1, -0.05) is 60.7 Å². The molecule has 3 amide bonds. The minimum Gasteiger partial charge on any atom is -0.378 e. The molecular formula is C26H29N3O5. The van der Waals surface area contributed by atoms with Crippen molar-refractivity contribution in [2.45, 2.75) is 37.9 Å². The maximum absolute atomic E-state index is 13.3. The summed E-state index contributed by atoms with van der Waals surface area (Å²) < 4.78 is 5.28. The van der Waals surface area contributed by atoms with Gasteiger partial charge in [-0.3, -0.25) is 19.2 Å². The first kappa shape index (κ1) is 23.6. The van der Waals surface area contributed by atoms with E-state index in [1.54, 1.807) is 4.90 Å². The van der Waals surface area contributed by atoms with Crippen molar-refractivity contribution < 1.29 is 23.9 Å². The van der Waals surface area contributed by atoms with Crippen molar-refractivity contribution in [1.82, 2.24) is 15.1 Å². The molecule has 1 unspecified atom stereocenters. The second-order valence-corrected chi connectivity index (χ2v) is 8.58. The first-order chi connectivity index (χ1) is 16.5. The van der Waals surface area contributed by atoms with Crippen LogP contribution < -0.4 is 5.32 Å². The van der Waals surface area contributed by atoms with Crippen LogP contribution in [0.15, 0.2) is 60.7 Å². The Morgan fingerprint density at radius 1 is 0.941 bits per heavy atom. The van der Waals surface area contributed by atoms with Crippen molar-refractivity contribution >= 4 is 23.5 Å². The zero-order chi connectivity index (χ0) is 23.9. The SMILES string of the molecule is O=C(C(=O)N1CCOCC1)C(Cc1ccccc1)NC(=O)[C@H]1CCC(=O)N1Cc1ccccc1. The molecule has 0 radical (unpaired) electrons. The Balaban J connectivity index is 1.50. The molecule has 2 heterocycles. The molecular weight excluding hydrogens is 434 g/mol. The fourth-order valence-electron chi connectivity index (χ4n) is 4.38. The standard InChI is InChI=1S/C26H29N3O5/c30-23-12-11-22(29(23)18-20-9-5-2-6-10-20)25(32)27-21(17-19-7-3-1-4-8-19)24(31)26(33)28-13-15-34-16-14-28/h1-10,21-22H,11-18H2,(H,27,32)/t21?,22-/m1/s1. The van der Waals surface area contributed by atoms with Crippen molar-refractivity contribution in [3.05, 3.63) is 71.8 Å². The summed E-state index contributed by atoms with van der Waals surface area (Å²) in [5.41, 5.74) is 1.76. The van der Waals surface area contributed by atoms with Gasteiger partial charge >= 0.3 is 0 Å². The second kappa shape index (κ2) is 11.1. The van der Waals surface area contributed by atoms with Crippen LogP contribution in [0, 0.1) is 0 Å². The molecule has 0 bridgehead atoms. The average molecular weight is 464 g/mol. The molecule has 2 aliphatic rings. The Bertz CT molecular complexity index is 1020. The van der Waals surface area contributed by atoms with Gasteiger partial charge in [-0.05, 0) is 17.5 Å². The zero-order valence-electron chi connectivity index (χ0n) is 19.0. The van der Waals surface area contributed by atoms with Gasteiger partial charge in [0.25, 0.3) is 5.91 Å². The van der Waals surface area contributed by atoms with Gasteiger partial charge in [-0.25, -0.2) is 0 Å². The molecule has 178 valence electrons. The number of nitrogens with one attached hydrogen (secondary N) is 1. The molecule has 1 N–H and O–H groups in total. The Kier molecular flexibility index (Phi) is 7.69. The van der Waals surface area contributed by atoms with Crippen LogP contribution in [-0.4, -0.2) is 71.7 Å². The van der Waals surface area contributed by atoms with Crippen LogP contribution in [0.25, 0.3) is 0 Å². The number of benzene rings is 2. The van der Waals surface area contributed by atoms with Crippen molar-refractivity contribution in [2.24, 2.45) is 0 Å². The minimum absolute atomic E-state index is 0.0978. The number of carbonyl (C=O) groups is 4. The van der Waals surface area contributed by atoms with Crippen molar-refractivity contribution in [1.29, 1.82) is 0 Å². The lowest BCUT2D eigenvalue weighted by atomic mass is 10.0. The summed E-state index contributed by atoms with van der Waals surface area (Å²) in [6.07, 6.45) is 0.844. The van der Waals surface area contributed by atoms with Crippen LogP contribution in [0.3, 0.4) is 0 Å². The number of amides is 3. The van der Waals surface area contributed by atoms with Gasteiger partial charge in [-0.2, -0.15) is 0 Å². The molecule has 0 aromatic heterocycles. The van der Waals surface area contributed by atoms with Gasteiger partial charge in [0, 0.05) is 32.5 Å². The molecule has 2 aromatic rings. The number of nitrogens with zero attached hydrogens (tertiary/aromatic N) is 2. The Labute approximate surface area is 198 Å². The predicted molar refractivity (Wildman–Crippen MR) is 124 cm³/mol. The van der Waals surface area contributed by atoms with E-state index in [1.807, 2.05) is 60.7 Å². The Morgan fingerprint density at radius 2 is 1.56 bits per heavy atom. The van der Waals surface area contributed by atoms with E-state index in [2.05, 4.69) is 5.32 Å². The highest BCUT2D eigenvalue weighted by Gasteiger charge is 2.39. The molecule has 2 aromatic carbocycles. The third-order valence-corrected chi connectivity index (χ3v) is 6.25. The van der Waals surface area contributed by atoms with Gasteiger partial charge in [0.15, 0.2) is 0 Å². The largest absolute Gasteiger partial charge is 0.378 e. The van der Waals surface area contributed by atoms with E-state index in [4.69, 9.17) is 4.74 Å². The van der Waals surface area contributed by atoms with Gasteiger partial charge in [0.2, 0.25) is 17.6 Å². The van der Waals surface area contributed by atoms with E-state index in [-0.39, 0.29) is 18.7 Å². The van der Waals surface area contributed by atoms with Crippen LogP contribution in [-0.2, 0) is 36.9 Å². The van der Waals surface area contributed by atoms with Crippen molar-refractivity contribution in [3.8, 4) is 0 Å². The lowest BCUT2D eigenvalue weighted by molar-refractivity contribution is -0.149. The fraction of sp³-hybridized carbons (Fsp3) is 0.385. The Hall–Kier alpha value is -3.52. The molecule has 0 aliphatic carbocycles. The van der Waals surface area contributed by atoms with Crippen LogP contribution in [0.2, 0.25) is 0 Å². The van der Waals surface area contributed by atoms with E-state index < -0.39 is 29.7 Å². The third kappa shape index (κ3) is 5.69. The Morgan fingerprint density at radius 3 is 2.21 bits per heavy atom. The number of likely N-dealkylation sites (tertiary alicyclic amines) is 1. The number of Topliss-reactive ketones (excluding diaryl/α,β-unsaturated/α-hetero) is 1. The van der Waals surface area contributed by atoms with Crippen LogP contribution in [0.4, 0.5) is 0 Å². The maximum atomic E-state index is 13.3. The highest BCUT2D eigenvalue weighted by atomic mass is 16.5. The predicted octanol–water partition coefficient (Wildman–Crippen LogP) is 1.33. The fourth-order valence-corrected chi connectivity index (χ4v) is 4.38. The lowest BCUT2D eigenvalue weighted by Crippen LogP contribution is -2.55. The maximum Gasteiger partial charge on any atom is 0.292 e. The van der Waals surface area contributed by atoms with Gasteiger partial charge in [-0.15, -0.1) is 0 Å². The van der Waals surface area contributed by atoms with Crippen LogP contribution >= 0.6 is 0 Å². The average Bonchev–Trinajstić information content (AvgIpc) is 3.24. The van der Waals surface area contributed by atoms with E-state index in [0.29, 0.717) is 39.3 Å². The zero-order valence-corrected chi connectivity index (χ0v) is 19.0. The van der Waals surface area contributed by atoms with E-state index in [9.17, 15) is 19.2 Å². The minimum atomic E-state index is -1.01. The monoisotopic (exact) mass is 463 g/mol. The smallest absolute Gasteiger partial charge is 0.292 e. The summed E-state index contributed by atoms with van der Waals surface area (Å²) in [5.74, 6) is -1.78. The summed E-state index contributed by atoms with van der Waals surface area (Å²) in [5, 5.41) is 2.80. The molecule has 2 saturated heterocycles. The first-order valence-electron chi connectivity index (χ1n) is 11.6. The molecule has 8 heteroatoms. The number of morpholine rings is 1. The highest BCUT2D eigenvalue weighted by molar-refractivity contribution is 6.38. The van der Waals surface area contributed by atoms with Crippen LogP contribution in [0.1, 0.15) is 24.0 Å². The molecule has 2 aliphatic heterocycles. The van der Waals surface area contributed by atoms with E-state index in [0.717, 1.165) is 11.1 Å². The normalized spacial score (nSPS) is 19.1. The number of rotatable bonds is 8. The quantitative estimate of drug-likeness (QED) is 0.596. The molecule has 4 rings (SSSR count). The highest BCUT2D eigenvalue weighted by Crippen LogP contribution is 2.22. The summed E-state index contributed by atoms with van der Waals surface area (Å²) in [6, 6.07) is 17.0. The van der Waals surface area contributed by atoms with E-state index in [1.165, 1.54) is 4.90 Å². The molecule has 8 nitrogen and oxygen atoms in total. The van der Waals surface area contributed by atoms with E-state index >= 15 is 0 Å². The molecule has 0 saturated carbocycles. The number of ether oxygens (including phenoxy) is 1. The van der Waals surface area contributed by atoms with Crippen molar-refractivity contribution in [2.75, 3.05) is 26.3 Å². The molecule has 2 atom stereocenters. The molecule has 0 spiro atoms. The summed E-state index contributed by atoms with van der Waals surface area (Å²) in [7, 11) is 0. The van der Waals surface area contributed by atoms with Gasteiger partial charge < -0.3 is 19.9 Å². The summed E-state index contributed by atoms with van der Waals surface area (Å²) in [6.45, 7) is 1.78. The first-order valence-corrected chi connectivity index (χ1v) is 11.6. The van der Waals surface area contributed by atoms with Gasteiger partial charge in [0.1, 0.15) is 12.1 Å². The van der Waals surface area contributed by atoms with Crippen LogP contribution in [0.5, 0.6) is 0 Å². The summed E-state index contributed by atoms with van der Waals surface area (Å²) >= 11 is 0. The number of ketones is 1. The molecule has 34 heavy (non-hydrogen) atoms. The number of hydrogen-bond donors (Lipinski definition) is 1. The topological polar surface area (TPSA) is 96.0 Å². The van der Waals surface area contributed by atoms with Crippen molar-refractivity contribution in [3.63, 3.8) is 0 Å². The third-order valence-electron chi connectivity index (χ3n) is 6.25.